The zero-order valence-corrected chi connectivity index (χ0v) is 11.7. The third-order valence-electron chi connectivity index (χ3n) is 2.89. The Bertz CT molecular complexity index is 654. The van der Waals surface area contributed by atoms with E-state index < -0.39 is 0 Å². The van der Waals surface area contributed by atoms with E-state index in [1.54, 1.807) is 18.2 Å². The maximum absolute atomic E-state index is 12.1. The quantitative estimate of drug-likeness (QED) is 0.844. The molecule has 2 rings (SSSR count). The number of aliphatic hydroxyl groups is 1. The second-order valence-corrected chi connectivity index (χ2v) is 4.52. The number of amides is 1. The van der Waals surface area contributed by atoms with Crippen LogP contribution in [-0.2, 0) is 6.54 Å². The Kier molecular flexibility index (Phi) is 5.57. The summed E-state index contributed by atoms with van der Waals surface area (Å²) in [6.45, 7) is 0.546. The molecule has 0 aliphatic heterocycles. The van der Waals surface area contributed by atoms with E-state index >= 15 is 0 Å². The highest BCUT2D eigenvalue weighted by atomic mass is 16.2. The predicted molar refractivity (Wildman–Crippen MR) is 82.6 cm³/mol. The molecule has 1 amide bonds. The summed E-state index contributed by atoms with van der Waals surface area (Å²) in [6, 6.07) is 16.9. The van der Waals surface area contributed by atoms with Crippen LogP contribution in [0.2, 0.25) is 0 Å². The van der Waals surface area contributed by atoms with Crippen molar-refractivity contribution in [2.24, 2.45) is 0 Å². The molecule has 0 bridgehead atoms. The van der Waals surface area contributed by atoms with Gasteiger partial charge in [0.2, 0.25) is 0 Å². The van der Waals surface area contributed by atoms with Gasteiger partial charge in [-0.3, -0.25) is 4.79 Å². The van der Waals surface area contributed by atoms with E-state index in [0.29, 0.717) is 18.5 Å². The van der Waals surface area contributed by atoms with Crippen molar-refractivity contribution in [3.8, 4) is 11.8 Å². The van der Waals surface area contributed by atoms with Gasteiger partial charge in [-0.05, 0) is 23.8 Å². The lowest BCUT2D eigenvalue weighted by Crippen LogP contribution is -2.22. The fourth-order valence-electron chi connectivity index (χ4n) is 1.84. The van der Waals surface area contributed by atoms with Crippen molar-refractivity contribution in [3.63, 3.8) is 0 Å². The van der Waals surface area contributed by atoms with E-state index in [1.165, 1.54) is 0 Å². The second kappa shape index (κ2) is 7.88. The summed E-state index contributed by atoms with van der Waals surface area (Å²) in [5, 5.41) is 11.6. The third kappa shape index (κ3) is 4.79. The van der Waals surface area contributed by atoms with Gasteiger partial charge in [-0.25, -0.2) is 0 Å². The monoisotopic (exact) mass is 279 g/mol. The van der Waals surface area contributed by atoms with Gasteiger partial charge in [0, 0.05) is 24.1 Å². The van der Waals surface area contributed by atoms with Crippen LogP contribution in [0.3, 0.4) is 0 Å². The van der Waals surface area contributed by atoms with Crippen molar-refractivity contribution in [3.05, 3.63) is 71.3 Å². The van der Waals surface area contributed by atoms with Crippen LogP contribution in [0.5, 0.6) is 0 Å². The molecule has 0 radical (unpaired) electrons. The zero-order valence-electron chi connectivity index (χ0n) is 11.7. The number of aliphatic hydroxyl groups excluding tert-OH is 1. The van der Waals surface area contributed by atoms with Gasteiger partial charge < -0.3 is 10.4 Å². The predicted octanol–water partition coefficient (Wildman–Crippen LogP) is 2.35. The van der Waals surface area contributed by atoms with Gasteiger partial charge in [-0.2, -0.15) is 0 Å². The molecule has 21 heavy (non-hydrogen) atoms. The largest absolute Gasteiger partial charge is 0.395 e. The fraction of sp³-hybridized carbons (Fsp3) is 0.167. The lowest BCUT2D eigenvalue weighted by Gasteiger charge is -2.05. The summed E-state index contributed by atoms with van der Waals surface area (Å²) in [4.78, 5) is 12.1. The summed E-state index contributed by atoms with van der Waals surface area (Å²) >= 11 is 0. The molecule has 0 heterocycles. The van der Waals surface area contributed by atoms with Crippen LogP contribution in [0.1, 0.15) is 27.9 Å². The lowest BCUT2D eigenvalue weighted by molar-refractivity contribution is 0.0951. The van der Waals surface area contributed by atoms with Crippen molar-refractivity contribution in [1.29, 1.82) is 0 Å². The van der Waals surface area contributed by atoms with Crippen molar-refractivity contribution in [2.45, 2.75) is 13.0 Å². The molecular formula is C18H17NO2. The van der Waals surface area contributed by atoms with Gasteiger partial charge in [-0.15, -0.1) is 0 Å². The average Bonchev–Trinajstić information content (AvgIpc) is 2.54. The molecule has 0 spiro atoms. The van der Waals surface area contributed by atoms with E-state index in [9.17, 15) is 4.79 Å². The SMILES string of the molecule is O=C(NCc1ccccc1)c1cccc(C#CCCO)c1. The van der Waals surface area contributed by atoms with Gasteiger partial charge in [-0.1, -0.05) is 48.2 Å². The van der Waals surface area contributed by atoms with Gasteiger partial charge >= 0.3 is 0 Å². The summed E-state index contributed by atoms with van der Waals surface area (Å²) < 4.78 is 0. The van der Waals surface area contributed by atoms with E-state index in [-0.39, 0.29) is 12.5 Å². The summed E-state index contributed by atoms with van der Waals surface area (Å²) in [6.07, 6.45) is 0.435. The topological polar surface area (TPSA) is 49.3 Å². The molecule has 0 aliphatic carbocycles. The van der Waals surface area contributed by atoms with E-state index in [4.69, 9.17) is 5.11 Å². The van der Waals surface area contributed by atoms with Gasteiger partial charge in [0.25, 0.3) is 5.91 Å². The molecule has 0 aromatic heterocycles. The molecule has 0 aliphatic rings. The van der Waals surface area contributed by atoms with E-state index in [2.05, 4.69) is 17.2 Å². The van der Waals surface area contributed by atoms with Crippen molar-refractivity contribution in [1.82, 2.24) is 5.32 Å². The number of benzene rings is 2. The van der Waals surface area contributed by atoms with Gasteiger partial charge in [0.1, 0.15) is 0 Å². The third-order valence-corrected chi connectivity index (χ3v) is 2.89. The number of carbonyl (C=O) groups is 1. The highest BCUT2D eigenvalue weighted by molar-refractivity contribution is 5.94. The molecular weight excluding hydrogens is 262 g/mol. The molecule has 2 N–H and O–H groups in total. The van der Waals surface area contributed by atoms with Crippen LogP contribution in [0.4, 0.5) is 0 Å². The Morgan fingerprint density at radius 2 is 1.90 bits per heavy atom. The average molecular weight is 279 g/mol. The Morgan fingerprint density at radius 1 is 1.10 bits per heavy atom. The summed E-state index contributed by atoms with van der Waals surface area (Å²) in [5.41, 5.74) is 2.42. The summed E-state index contributed by atoms with van der Waals surface area (Å²) in [5.74, 6) is 5.65. The Morgan fingerprint density at radius 3 is 2.67 bits per heavy atom. The fourth-order valence-corrected chi connectivity index (χ4v) is 1.84. The molecule has 0 saturated heterocycles. The zero-order chi connectivity index (χ0) is 14.9. The smallest absolute Gasteiger partial charge is 0.251 e. The normalized spacial score (nSPS) is 9.57. The Hall–Kier alpha value is -2.57. The number of nitrogens with one attached hydrogen (secondary N) is 1. The molecule has 106 valence electrons. The maximum atomic E-state index is 12.1. The molecule has 0 fully saturated rings. The van der Waals surface area contributed by atoms with E-state index in [0.717, 1.165) is 11.1 Å². The number of hydrogen-bond donors (Lipinski definition) is 2. The molecule has 0 atom stereocenters. The number of rotatable bonds is 4. The van der Waals surface area contributed by atoms with E-state index in [1.807, 2.05) is 36.4 Å². The first-order valence-electron chi connectivity index (χ1n) is 6.81. The first-order chi connectivity index (χ1) is 10.3. The lowest BCUT2D eigenvalue weighted by atomic mass is 10.1. The minimum absolute atomic E-state index is 0.0459. The van der Waals surface area contributed by atoms with Crippen molar-refractivity contribution >= 4 is 5.91 Å². The van der Waals surface area contributed by atoms with Crippen molar-refractivity contribution in [2.75, 3.05) is 6.61 Å². The molecule has 0 saturated carbocycles. The Labute approximate surface area is 124 Å². The van der Waals surface area contributed by atoms with Gasteiger partial charge in [0.15, 0.2) is 0 Å². The van der Waals surface area contributed by atoms with Crippen LogP contribution < -0.4 is 5.32 Å². The maximum Gasteiger partial charge on any atom is 0.251 e. The number of carbonyl (C=O) groups excluding carboxylic acids is 1. The number of hydrogen-bond acceptors (Lipinski definition) is 2. The second-order valence-electron chi connectivity index (χ2n) is 4.52. The molecule has 3 nitrogen and oxygen atoms in total. The van der Waals surface area contributed by atoms with Crippen LogP contribution >= 0.6 is 0 Å². The van der Waals surface area contributed by atoms with Crippen LogP contribution in [0.25, 0.3) is 0 Å². The molecule has 3 heteroatoms. The minimum atomic E-state index is -0.121. The summed E-state index contributed by atoms with van der Waals surface area (Å²) in [7, 11) is 0. The molecule has 0 unspecified atom stereocenters. The van der Waals surface area contributed by atoms with Crippen LogP contribution in [-0.4, -0.2) is 17.6 Å². The minimum Gasteiger partial charge on any atom is -0.395 e. The first kappa shape index (κ1) is 14.8. The standard InChI is InChI=1S/C18H17NO2/c20-12-5-4-7-15-10-6-11-17(13-15)18(21)19-14-16-8-2-1-3-9-16/h1-3,6,8-11,13,20H,5,12,14H2,(H,19,21). The van der Waals surface area contributed by atoms with Crippen LogP contribution in [0, 0.1) is 11.8 Å². The highest BCUT2D eigenvalue weighted by Crippen LogP contribution is 2.05. The highest BCUT2D eigenvalue weighted by Gasteiger charge is 2.05. The molecule has 2 aromatic rings. The van der Waals surface area contributed by atoms with Gasteiger partial charge in [0.05, 0.1) is 6.61 Å². The van der Waals surface area contributed by atoms with Crippen LogP contribution in [0.15, 0.2) is 54.6 Å². The first-order valence-corrected chi connectivity index (χ1v) is 6.81. The molecule has 2 aromatic carbocycles. The Balaban J connectivity index is 1.99. The van der Waals surface area contributed by atoms with Crippen molar-refractivity contribution < 1.29 is 9.90 Å².